The van der Waals surface area contributed by atoms with Crippen molar-refractivity contribution < 1.29 is 9.59 Å². The van der Waals surface area contributed by atoms with Crippen LogP contribution in [-0.4, -0.2) is 22.8 Å². The van der Waals surface area contributed by atoms with Gasteiger partial charge in [0.25, 0.3) is 5.91 Å². The normalized spacial score (nSPS) is 11.8. The zero-order valence-electron chi connectivity index (χ0n) is 17.5. The highest BCUT2D eigenvalue weighted by Crippen LogP contribution is 2.27. The number of hydrogen-bond acceptors (Lipinski definition) is 2. The van der Waals surface area contributed by atoms with Crippen LogP contribution in [0.3, 0.4) is 0 Å². The molecule has 4 heteroatoms. The highest BCUT2D eigenvalue weighted by Gasteiger charge is 2.31. The predicted molar refractivity (Wildman–Crippen MR) is 121 cm³/mol. The van der Waals surface area contributed by atoms with Gasteiger partial charge in [-0.2, -0.15) is 0 Å². The summed E-state index contributed by atoms with van der Waals surface area (Å²) in [5, 5.41) is 0. The molecule has 30 heavy (non-hydrogen) atoms. The van der Waals surface area contributed by atoms with E-state index in [0.29, 0.717) is 18.5 Å². The van der Waals surface area contributed by atoms with E-state index in [4.69, 9.17) is 5.73 Å². The van der Waals surface area contributed by atoms with E-state index in [1.54, 1.807) is 4.90 Å². The predicted octanol–water partition coefficient (Wildman–Crippen LogP) is 4.90. The van der Waals surface area contributed by atoms with Crippen LogP contribution in [0.15, 0.2) is 84.9 Å². The van der Waals surface area contributed by atoms with Crippen LogP contribution in [0.2, 0.25) is 0 Å². The number of amides is 2. The summed E-state index contributed by atoms with van der Waals surface area (Å²) in [6, 6.07) is 26.3. The van der Waals surface area contributed by atoms with Gasteiger partial charge in [0, 0.05) is 12.1 Å². The van der Waals surface area contributed by atoms with E-state index >= 15 is 0 Å². The van der Waals surface area contributed by atoms with Crippen molar-refractivity contribution in [1.29, 1.82) is 0 Å². The molecule has 3 rings (SSSR count). The Labute approximate surface area is 178 Å². The summed E-state index contributed by atoms with van der Waals surface area (Å²) >= 11 is 0. The fourth-order valence-electron chi connectivity index (χ4n) is 3.64. The molecule has 0 saturated carbocycles. The number of carbonyl (C=O) groups excluding carboxylic acids is 2. The molecule has 3 aromatic carbocycles. The number of nitrogens with zero attached hydrogens (tertiary/aromatic N) is 1. The topological polar surface area (TPSA) is 63.4 Å². The van der Waals surface area contributed by atoms with Crippen LogP contribution in [0.25, 0.3) is 11.1 Å². The van der Waals surface area contributed by atoms with Crippen LogP contribution >= 0.6 is 0 Å². The fourth-order valence-corrected chi connectivity index (χ4v) is 3.64. The number of nitrogens with two attached hydrogens (primary N) is 1. The molecule has 2 N–H and O–H groups in total. The van der Waals surface area contributed by atoms with Gasteiger partial charge >= 0.3 is 0 Å². The van der Waals surface area contributed by atoms with Crippen molar-refractivity contribution >= 4 is 11.8 Å². The van der Waals surface area contributed by atoms with E-state index in [9.17, 15) is 9.59 Å². The molecular formula is C26H28N2O2. The van der Waals surface area contributed by atoms with Crippen molar-refractivity contribution in [3.05, 3.63) is 96.1 Å². The van der Waals surface area contributed by atoms with Crippen molar-refractivity contribution in [1.82, 2.24) is 4.90 Å². The van der Waals surface area contributed by atoms with E-state index in [-0.39, 0.29) is 11.8 Å². The molecule has 1 atom stereocenters. The Morgan fingerprint density at radius 2 is 1.40 bits per heavy atom. The molecular weight excluding hydrogens is 372 g/mol. The van der Waals surface area contributed by atoms with Gasteiger partial charge in [-0.15, -0.1) is 0 Å². The highest BCUT2D eigenvalue weighted by molar-refractivity contribution is 6.02. The molecule has 0 fully saturated rings. The van der Waals surface area contributed by atoms with Crippen LogP contribution in [0.4, 0.5) is 0 Å². The molecule has 0 aromatic heterocycles. The summed E-state index contributed by atoms with van der Waals surface area (Å²) in [7, 11) is 0. The molecule has 0 aliphatic carbocycles. The molecule has 0 radical (unpaired) electrons. The number of hydrogen-bond donors (Lipinski definition) is 1. The van der Waals surface area contributed by atoms with E-state index in [0.717, 1.165) is 16.7 Å². The molecule has 0 saturated heterocycles. The lowest BCUT2D eigenvalue weighted by atomic mass is 9.96. The van der Waals surface area contributed by atoms with Gasteiger partial charge in [0.2, 0.25) is 5.91 Å². The van der Waals surface area contributed by atoms with Crippen LogP contribution in [0.5, 0.6) is 0 Å². The van der Waals surface area contributed by atoms with Crippen LogP contribution in [0, 0.1) is 5.92 Å². The lowest BCUT2D eigenvalue weighted by Gasteiger charge is -2.31. The fraction of sp³-hybridized carbons (Fsp3) is 0.231. The summed E-state index contributed by atoms with van der Waals surface area (Å²) < 4.78 is 0. The summed E-state index contributed by atoms with van der Waals surface area (Å²) in [4.78, 5) is 27.8. The number of rotatable bonds is 8. The van der Waals surface area contributed by atoms with Gasteiger partial charge in [-0.3, -0.25) is 9.59 Å². The van der Waals surface area contributed by atoms with Gasteiger partial charge in [-0.25, -0.2) is 0 Å². The quantitative estimate of drug-likeness (QED) is 0.585. The van der Waals surface area contributed by atoms with Crippen LogP contribution < -0.4 is 5.73 Å². The van der Waals surface area contributed by atoms with Gasteiger partial charge in [0.05, 0.1) is 0 Å². The van der Waals surface area contributed by atoms with Crippen LogP contribution in [-0.2, 0) is 11.3 Å². The van der Waals surface area contributed by atoms with Gasteiger partial charge in [0.1, 0.15) is 6.04 Å². The van der Waals surface area contributed by atoms with Gasteiger partial charge in [-0.1, -0.05) is 92.7 Å². The summed E-state index contributed by atoms with van der Waals surface area (Å²) in [6.07, 6.45) is 0.515. The standard InChI is InChI=1S/C26H28N2O2/c1-19(2)17-24(25(27)29)28(18-20-11-5-3-6-12-20)26(30)23-16-10-9-15-22(23)21-13-7-4-8-14-21/h3-16,19,24H,17-18H2,1-2H3,(H2,27,29)/t24-/m0/s1. The van der Waals surface area contributed by atoms with Crippen molar-refractivity contribution in [2.45, 2.75) is 32.9 Å². The molecule has 0 unspecified atom stereocenters. The maximum atomic E-state index is 13.8. The SMILES string of the molecule is CC(C)C[C@@H](C(N)=O)N(Cc1ccccc1)C(=O)c1ccccc1-c1ccccc1. The van der Waals surface area contributed by atoms with Crippen LogP contribution in [0.1, 0.15) is 36.2 Å². The first-order valence-corrected chi connectivity index (χ1v) is 10.3. The molecule has 154 valence electrons. The molecule has 4 nitrogen and oxygen atoms in total. The van der Waals surface area contributed by atoms with E-state index in [2.05, 4.69) is 0 Å². The number of benzene rings is 3. The van der Waals surface area contributed by atoms with Gasteiger partial charge in [0.15, 0.2) is 0 Å². The monoisotopic (exact) mass is 400 g/mol. The van der Waals surface area contributed by atoms with Gasteiger partial charge < -0.3 is 10.6 Å². The third kappa shape index (κ3) is 5.15. The minimum Gasteiger partial charge on any atom is -0.368 e. The number of primary amides is 1. The lowest BCUT2D eigenvalue weighted by molar-refractivity contribution is -0.123. The Morgan fingerprint density at radius 3 is 2.00 bits per heavy atom. The van der Waals surface area contributed by atoms with E-state index in [1.807, 2.05) is 98.8 Å². The van der Waals surface area contributed by atoms with Crippen molar-refractivity contribution in [3.63, 3.8) is 0 Å². The second kappa shape index (κ2) is 9.88. The van der Waals surface area contributed by atoms with Crippen molar-refractivity contribution in [2.24, 2.45) is 11.7 Å². The average molecular weight is 401 g/mol. The van der Waals surface area contributed by atoms with E-state index < -0.39 is 11.9 Å². The summed E-state index contributed by atoms with van der Waals surface area (Å²) in [6.45, 7) is 4.38. The molecule has 0 spiro atoms. The second-order valence-corrected chi connectivity index (χ2v) is 7.88. The molecule has 0 aliphatic rings. The zero-order chi connectivity index (χ0) is 21.5. The molecule has 0 bridgehead atoms. The average Bonchev–Trinajstić information content (AvgIpc) is 2.76. The van der Waals surface area contributed by atoms with E-state index in [1.165, 1.54) is 0 Å². The smallest absolute Gasteiger partial charge is 0.255 e. The Hall–Kier alpha value is -3.40. The Kier molecular flexibility index (Phi) is 7.02. The molecule has 3 aromatic rings. The minimum absolute atomic E-state index is 0.192. The van der Waals surface area contributed by atoms with Gasteiger partial charge in [-0.05, 0) is 35.1 Å². The Balaban J connectivity index is 2.05. The first kappa shape index (κ1) is 21.3. The summed E-state index contributed by atoms with van der Waals surface area (Å²) in [5.41, 5.74) is 9.09. The largest absolute Gasteiger partial charge is 0.368 e. The Morgan fingerprint density at radius 1 is 0.833 bits per heavy atom. The first-order chi connectivity index (χ1) is 14.5. The van der Waals surface area contributed by atoms with Crippen molar-refractivity contribution in [2.75, 3.05) is 0 Å². The second-order valence-electron chi connectivity index (χ2n) is 7.88. The molecule has 0 aliphatic heterocycles. The number of carbonyl (C=O) groups is 2. The third-order valence-electron chi connectivity index (χ3n) is 5.10. The molecule has 0 heterocycles. The third-order valence-corrected chi connectivity index (χ3v) is 5.10. The maximum Gasteiger partial charge on any atom is 0.255 e. The van der Waals surface area contributed by atoms with Crippen molar-refractivity contribution in [3.8, 4) is 11.1 Å². The molecule has 2 amide bonds. The summed E-state index contributed by atoms with van der Waals surface area (Å²) in [5.74, 6) is -0.453. The maximum absolute atomic E-state index is 13.8. The first-order valence-electron chi connectivity index (χ1n) is 10.3. The lowest BCUT2D eigenvalue weighted by Crippen LogP contribution is -2.48. The Bertz CT molecular complexity index is 984. The zero-order valence-corrected chi connectivity index (χ0v) is 17.5. The highest BCUT2D eigenvalue weighted by atomic mass is 16.2. The minimum atomic E-state index is -0.679.